The van der Waals surface area contributed by atoms with Crippen molar-refractivity contribution in [3.63, 3.8) is 0 Å². The smallest absolute Gasteiger partial charge is 0.233 e. The van der Waals surface area contributed by atoms with Gasteiger partial charge in [0, 0.05) is 35.9 Å². The zero-order valence-electron chi connectivity index (χ0n) is 19.8. The standard InChI is InChI=1S/C28H27N5O2S/c34-25(32-18-16-22(17-19-32)27(35)29-23-12-6-2-7-13-23)20-36-28-31-30-26(21-10-4-1-5-11-21)33(28)24-14-8-3-9-15-24/h1-15,22H,16-20H2,(H,29,35). The predicted octanol–water partition coefficient (Wildman–Crippen LogP) is 4.90. The lowest BCUT2D eigenvalue weighted by Gasteiger charge is -2.31. The van der Waals surface area contributed by atoms with E-state index in [-0.39, 0.29) is 23.5 Å². The average Bonchev–Trinajstić information content (AvgIpc) is 3.37. The SMILES string of the molecule is O=C(Nc1ccccc1)C1CCN(C(=O)CSc2nnc(-c3ccccc3)n2-c2ccccc2)CC1. The van der Waals surface area contributed by atoms with E-state index in [1.165, 1.54) is 11.8 Å². The van der Waals surface area contributed by atoms with Gasteiger partial charge >= 0.3 is 0 Å². The first-order chi connectivity index (χ1) is 17.7. The molecule has 5 rings (SSSR count). The number of nitrogens with zero attached hydrogens (tertiary/aromatic N) is 4. The Morgan fingerprint density at radius 2 is 1.44 bits per heavy atom. The number of hydrogen-bond acceptors (Lipinski definition) is 5. The minimum absolute atomic E-state index is 0.0204. The van der Waals surface area contributed by atoms with Crippen LogP contribution < -0.4 is 5.32 Å². The normalized spacial score (nSPS) is 13.9. The van der Waals surface area contributed by atoms with Crippen LogP contribution in [0.25, 0.3) is 17.1 Å². The second kappa shape index (κ2) is 11.2. The molecule has 0 atom stereocenters. The van der Waals surface area contributed by atoms with Gasteiger partial charge in [0.25, 0.3) is 0 Å². The van der Waals surface area contributed by atoms with Crippen molar-refractivity contribution in [1.82, 2.24) is 19.7 Å². The molecule has 0 radical (unpaired) electrons. The molecule has 0 bridgehead atoms. The van der Waals surface area contributed by atoms with Crippen molar-refractivity contribution in [3.05, 3.63) is 91.0 Å². The number of likely N-dealkylation sites (tertiary alicyclic amines) is 1. The van der Waals surface area contributed by atoms with Crippen molar-refractivity contribution >= 4 is 29.3 Å². The summed E-state index contributed by atoms with van der Waals surface area (Å²) < 4.78 is 1.99. The number of carbonyl (C=O) groups is 2. The number of carbonyl (C=O) groups excluding carboxylic acids is 2. The molecular weight excluding hydrogens is 470 g/mol. The highest BCUT2D eigenvalue weighted by atomic mass is 32.2. The van der Waals surface area contributed by atoms with Gasteiger partial charge in [0.05, 0.1) is 5.75 Å². The molecule has 1 aliphatic rings. The van der Waals surface area contributed by atoms with Gasteiger partial charge in [-0.2, -0.15) is 0 Å². The van der Waals surface area contributed by atoms with Gasteiger partial charge in [0.2, 0.25) is 11.8 Å². The molecule has 1 saturated heterocycles. The highest BCUT2D eigenvalue weighted by Gasteiger charge is 2.28. The van der Waals surface area contributed by atoms with Crippen LogP contribution in [-0.4, -0.2) is 50.3 Å². The van der Waals surface area contributed by atoms with Crippen LogP contribution in [-0.2, 0) is 9.59 Å². The topological polar surface area (TPSA) is 80.1 Å². The molecule has 0 saturated carbocycles. The summed E-state index contributed by atoms with van der Waals surface area (Å²) in [5, 5.41) is 12.5. The summed E-state index contributed by atoms with van der Waals surface area (Å²) in [6.45, 7) is 1.15. The van der Waals surface area contributed by atoms with Crippen LogP contribution in [0.4, 0.5) is 5.69 Å². The maximum atomic E-state index is 13.0. The van der Waals surface area contributed by atoms with E-state index in [1.54, 1.807) is 0 Å². The van der Waals surface area contributed by atoms with Gasteiger partial charge in [-0.3, -0.25) is 14.2 Å². The van der Waals surface area contributed by atoms with Crippen molar-refractivity contribution in [1.29, 1.82) is 0 Å². The number of aromatic nitrogens is 3. The largest absolute Gasteiger partial charge is 0.342 e. The zero-order chi connectivity index (χ0) is 24.7. The lowest BCUT2D eigenvalue weighted by Crippen LogP contribution is -2.42. The van der Waals surface area contributed by atoms with Gasteiger partial charge in [0.1, 0.15) is 0 Å². The molecule has 2 heterocycles. The third-order valence-corrected chi connectivity index (χ3v) is 7.18. The van der Waals surface area contributed by atoms with Crippen LogP contribution in [0, 0.1) is 5.92 Å². The van der Waals surface area contributed by atoms with Crippen molar-refractivity contribution in [2.45, 2.75) is 18.0 Å². The van der Waals surface area contributed by atoms with Gasteiger partial charge in [-0.25, -0.2) is 0 Å². The molecule has 1 fully saturated rings. The fraction of sp³-hybridized carbons (Fsp3) is 0.214. The summed E-state index contributed by atoms with van der Waals surface area (Å²) in [6, 6.07) is 29.3. The summed E-state index contributed by atoms with van der Waals surface area (Å²) in [4.78, 5) is 27.5. The molecule has 0 aliphatic carbocycles. The number of benzene rings is 3. The van der Waals surface area contributed by atoms with Gasteiger partial charge < -0.3 is 10.2 Å². The zero-order valence-corrected chi connectivity index (χ0v) is 20.6. The van der Waals surface area contributed by atoms with Crippen LogP contribution in [0.15, 0.2) is 96.2 Å². The molecule has 1 aliphatic heterocycles. The number of nitrogens with one attached hydrogen (secondary N) is 1. The van der Waals surface area contributed by atoms with Crippen LogP contribution in [0.2, 0.25) is 0 Å². The van der Waals surface area contributed by atoms with E-state index in [1.807, 2.05) is 100 Å². The number of rotatable bonds is 7. The minimum Gasteiger partial charge on any atom is -0.342 e. The second-order valence-corrected chi connectivity index (χ2v) is 9.58. The quantitative estimate of drug-likeness (QED) is 0.367. The van der Waals surface area contributed by atoms with E-state index in [0.29, 0.717) is 31.1 Å². The number of piperidine rings is 1. The Kier molecular flexibility index (Phi) is 7.42. The molecule has 1 aromatic heterocycles. The maximum Gasteiger partial charge on any atom is 0.233 e. The third kappa shape index (κ3) is 5.49. The van der Waals surface area contributed by atoms with Crippen LogP contribution in [0.5, 0.6) is 0 Å². The number of anilines is 1. The van der Waals surface area contributed by atoms with Crippen LogP contribution >= 0.6 is 11.8 Å². The van der Waals surface area contributed by atoms with E-state index in [4.69, 9.17) is 0 Å². The molecule has 0 unspecified atom stereocenters. The van der Waals surface area contributed by atoms with Gasteiger partial charge in [-0.1, -0.05) is 78.5 Å². The van der Waals surface area contributed by atoms with E-state index in [9.17, 15) is 9.59 Å². The highest BCUT2D eigenvalue weighted by Crippen LogP contribution is 2.28. The Labute approximate surface area is 214 Å². The highest BCUT2D eigenvalue weighted by molar-refractivity contribution is 7.99. The Morgan fingerprint density at radius 1 is 0.833 bits per heavy atom. The fourth-order valence-electron chi connectivity index (χ4n) is 4.32. The van der Waals surface area contributed by atoms with Crippen LogP contribution in [0.1, 0.15) is 12.8 Å². The first-order valence-electron chi connectivity index (χ1n) is 12.0. The molecule has 0 spiro atoms. The summed E-state index contributed by atoms with van der Waals surface area (Å²) in [5.41, 5.74) is 2.71. The molecule has 182 valence electrons. The number of para-hydroxylation sites is 2. The Balaban J connectivity index is 1.21. The second-order valence-electron chi connectivity index (χ2n) is 8.64. The Morgan fingerprint density at radius 3 is 2.11 bits per heavy atom. The number of thioether (sulfide) groups is 1. The first-order valence-corrected chi connectivity index (χ1v) is 13.0. The molecular formula is C28H27N5O2S. The number of hydrogen-bond donors (Lipinski definition) is 1. The lowest BCUT2D eigenvalue weighted by atomic mass is 9.96. The molecule has 7 nitrogen and oxygen atoms in total. The molecule has 1 N–H and O–H groups in total. The first kappa shape index (κ1) is 23.8. The molecule has 8 heteroatoms. The average molecular weight is 498 g/mol. The van der Waals surface area contributed by atoms with Crippen molar-refractivity contribution in [3.8, 4) is 17.1 Å². The summed E-state index contributed by atoms with van der Waals surface area (Å²) in [6.07, 6.45) is 1.32. The molecule has 2 amide bonds. The Bertz CT molecular complexity index is 1300. The Hall–Kier alpha value is -3.91. The van der Waals surface area contributed by atoms with E-state index in [0.717, 1.165) is 22.8 Å². The van der Waals surface area contributed by atoms with E-state index >= 15 is 0 Å². The van der Waals surface area contributed by atoms with Gasteiger partial charge in [0.15, 0.2) is 11.0 Å². The monoisotopic (exact) mass is 497 g/mol. The van der Waals surface area contributed by atoms with Crippen molar-refractivity contribution < 1.29 is 9.59 Å². The molecule has 36 heavy (non-hydrogen) atoms. The van der Waals surface area contributed by atoms with E-state index in [2.05, 4.69) is 15.5 Å². The summed E-state index contributed by atoms with van der Waals surface area (Å²) >= 11 is 1.39. The fourth-order valence-corrected chi connectivity index (χ4v) is 5.18. The lowest BCUT2D eigenvalue weighted by molar-refractivity contribution is -0.132. The minimum atomic E-state index is -0.0866. The van der Waals surface area contributed by atoms with Crippen LogP contribution in [0.3, 0.4) is 0 Å². The third-order valence-electron chi connectivity index (χ3n) is 6.26. The molecule has 3 aromatic carbocycles. The van der Waals surface area contributed by atoms with Gasteiger partial charge in [-0.15, -0.1) is 10.2 Å². The summed E-state index contributed by atoms with van der Waals surface area (Å²) in [5.74, 6) is 0.983. The maximum absolute atomic E-state index is 13.0. The predicted molar refractivity (Wildman–Crippen MR) is 142 cm³/mol. The summed E-state index contributed by atoms with van der Waals surface area (Å²) in [7, 11) is 0. The molecule has 4 aromatic rings. The van der Waals surface area contributed by atoms with E-state index < -0.39 is 0 Å². The number of amides is 2. The van der Waals surface area contributed by atoms with Crippen molar-refractivity contribution in [2.75, 3.05) is 24.2 Å². The van der Waals surface area contributed by atoms with Crippen molar-refractivity contribution in [2.24, 2.45) is 5.92 Å². The van der Waals surface area contributed by atoms with Gasteiger partial charge in [-0.05, 0) is 37.1 Å².